The first-order valence-corrected chi connectivity index (χ1v) is 42.9. The SMILES string of the molecule is [C-]#[N+]c1ccc(CC(=O)[C@@](C)(O)Cn2cnc3c(C)cccc32)cc1C(F)(F)F.[C-]#[N+]c1ccc(CC(=O)[C@@](C)(O)Cn2cnc3c(C)cccc32)cc1C(F)(F)F.[C-]#[N+]c1ccc(CC(=O)[C@@](C)(O)Cn2cnc3c(C)cccc32)cc1Cl.[C-]#[N+]c1ccc(CC(=O)[C@@](C)(O)Cn2cnc3cccc(C)c32)cc1C(F)(F)F.[C-]#[N+]c1ccc(CC(=O)[C@@](C)(O)Cn2cnc3cccc(F)c32)cc1C. The van der Waals surface area contributed by atoms with Gasteiger partial charge in [0.25, 0.3) is 0 Å². The second-order valence-corrected chi connectivity index (χ2v) is 35.0. The lowest BCUT2D eigenvalue weighted by molar-refractivity contribution is -0.138. The molecule has 5 heterocycles. The maximum absolute atomic E-state index is 14.1. The molecule has 25 nitrogen and oxygen atoms in total. The number of fused-ring (bicyclic) bond motifs is 5. The number of benzene rings is 10. The number of carbonyl (C=O) groups is 5. The van der Waals surface area contributed by atoms with Gasteiger partial charge in [-0.3, -0.25) is 24.0 Å². The quantitative estimate of drug-likeness (QED) is 0.0262. The van der Waals surface area contributed by atoms with E-state index in [1.807, 2.05) is 100 Å². The molecule has 0 aliphatic heterocycles. The second kappa shape index (κ2) is 42.2. The molecule has 0 aliphatic rings. The summed E-state index contributed by atoms with van der Waals surface area (Å²) >= 11 is 6.02. The van der Waals surface area contributed by atoms with Crippen LogP contribution in [0.4, 0.5) is 72.3 Å². The number of hydrogen-bond donors (Lipinski definition) is 5. The fraction of sp³-hybridized carbons (Fsp3) is 0.272. The minimum absolute atomic E-state index is 0.0290. The van der Waals surface area contributed by atoms with Crippen LogP contribution < -0.4 is 0 Å². The lowest BCUT2D eigenvalue weighted by Gasteiger charge is -2.23. The highest BCUT2D eigenvalue weighted by Gasteiger charge is 2.41. The highest BCUT2D eigenvalue weighted by molar-refractivity contribution is 6.33. The summed E-state index contributed by atoms with van der Waals surface area (Å²) in [6, 6.07) is 46.4. The van der Waals surface area contributed by atoms with Gasteiger partial charge in [0.2, 0.25) is 5.69 Å². The van der Waals surface area contributed by atoms with Crippen LogP contribution in [0.5, 0.6) is 0 Å². The molecule has 15 aromatic rings. The summed E-state index contributed by atoms with van der Waals surface area (Å²) in [7, 11) is 0. The number of rotatable bonds is 25. The van der Waals surface area contributed by atoms with E-state index in [9.17, 15) is 93.4 Å². The van der Waals surface area contributed by atoms with Crippen LogP contribution in [0.1, 0.15) is 107 Å². The van der Waals surface area contributed by atoms with Crippen LogP contribution in [0.3, 0.4) is 0 Å². The number of para-hydroxylation sites is 5. The molecule has 0 saturated heterocycles. The van der Waals surface area contributed by atoms with E-state index in [0.717, 1.165) is 114 Å². The van der Waals surface area contributed by atoms with E-state index in [1.54, 1.807) is 80.1 Å². The minimum Gasteiger partial charge on any atom is -0.380 e. The monoisotopic (exact) mass is 1920 g/mol. The van der Waals surface area contributed by atoms with Gasteiger partial charge >= 0.3 is 18.5 Å². The molecule has 714 valence electrons. The van der Waals surface area contributed by atoms with Crippen LogP contribution in [-0.2, 0) is 107 Å². The molecule has 10 aromatic carbocycles. The molecule has 0 spiro atoms. The maximum atomic E-state index is 14.1. The van der Waals surface area contributed by atoms with Crippen molar-refractivity contribution >= 4 is 124 Å². The molecule has 0 saturated carbocycles. The Morgan fingerprint density at radius 1 is 0.317 bits per heavy atom. The van der Waals surface area contributed by atoms with Crippen molar-refractivity contribution in [3.8, 4) is 0 Å². The van der Waals surface area contributed by atoms with Crippen molar-refractivity contribution in [2.45, 2.75) is 181 Å². The van der Waals surface area contributed by atoms with Crippen LogP contribution in [0, 0.1) is 73.3 Å². The van der Waals surface area contributed by atoms with Crippen molar-refractivity contribution in [1.29, 1.82) is 0 Å². The van der Waals surface area contributed by atoms with Gasteiger partial charge < -0.3 is 48.4 Å². The average Bonchev–Trinajstić information content (AvgIpc) is 1.68. The van der Waals surface area contributed by atoms with E-state index in [4.69, 9.17) is 44.5 Å². The van der Waals surface area contributed by atoms with Crippen molar-refractivity contribution in [2.75, 3.05) is 0 Å². The normalized spacial score (nSPS) is 13.6. The smallest absolute Gasteiger partial charge is 0.380 e. The summed E-state index contributed by atoms with van der Waals surface area (Å²) in [6.45, 7) is 50.8. The third-order valence-electron chi connectivity index (χ3n) is 23.2. The predicted molar refractivity (Wildman–Crippen MR) is 503 cm³/mol. The van der Waals surface area contributed by atoms with Crippen LogP contribution in [0.2, 0.25) is 5.02 Å². The molecule has 0 bridgehead atoms. The molecule has 5 atom stereocenters. The van der Waals surface area contributed by atoms with Crippen LogP contribution in [-0.4, -0.2) is 130 Å². The lowest BCUT2D eigenvalue weighted by Crippen LogP contribution is -2.40. The van der Waals surface area contributed by atoms with E-state index in [1.165, 1.54) is 88.8 Å². The average molecular weight is 1920 g/mol. The molecule has 15 rings (SSSR count). The lowest BCUT2D eigenvalue weighted by atomic mass is 9.93. The minimum atomic E-state index is -4.70. The number of hydrogen-bond acceptors (Lipinski definition) is 15. The topological polar surface area (TPSA) is 297 Å². The Labute approximate surface area is 795 Å². The van der Waals surface area contributed by atoms with Gasteiger partial charge in [0.05, 0.1) is 164 Å². The first kappa shape index (κ1) is 104. The van der Waals surface area contributed by atoms with Crippen molar-refractivity contribution in [3.05, 3.63) is 354 Å². The molecular weight excluding hydrogens is 1830 g/mol. The summed E-state index contributed by atoms with van der Waals surface area (Å²) < 4.78 is 140. The third-order valence-corrected chi connectivity index (χ3v) is 23.5. The zero-order chi connectivity index (χ0) is 102. The molecule has 36 heteroatoms. The fourth-order valence-electron chi connectivity index (χ4n) is 15.4. The van der Waals surface area contributed by atoms with Crippen molar-refractivity contribution < 1.29 is 93.4 Å². The number of aryl methyl sites for hydroxylation is 5. The van der Waals surface area contributed by atoms with Crippen LogP contribution >= 0.6 is 11.6 Å². The number of imidazole rings is 5. The number of Topliss-reactive ketones (excluding diaryl/α,β-unsaturated/α-hetero) is 5. The number of halogens is 11. The molecule has 0 unspecified atom stereocenters. The van der Waals surface area contributed by atoms with Crippen LogP contribution in [0.15, 0.2) is 214 Å². The highest BCUT2D eigenvalue weighted by atomic mass is 35.5. The summed E-state index contributed by atoms with van der Waals surface area (Å²) in [6.07, 6.45) is -7.58. The molecule has 0 radical (unpaired) electrons. The van der Waals surface area contributed by atoms with Gasteiger partial charge in [-0.2, -0.15) is 39.5 Å². The van der Waals surface area contributed by atoms with Crippen molar-refractivity contribution in [1.82, 2.24) is 47.8 Å². The third kappa shape index (κ3) is 25.0. The van der Waals surface area contributed by atoms with E-state index >= 15 is 0 Å². The first-order chi connectivity index (χ1) is 65.2. The van der Waals surface area contributed by atoms with E-state index in [2.05, 4.69) is 49.1 Å². The van der Waals surface area contributed by atoms with Crippen LogP contribution in [0.25, 0.3) is 79.4 Å². The summed E-state index contributed by atoms with van der Waals surface area (Å²) in [5.74, 6) is -3.04. The fourth-order valence-corrected chi connectivity index (χ4v) is 15.7. The van der Waals surface area contributed by atoms with E-state index in [-0.39, 0.29) is 98.6 Å². The number of carbonyl (C=O) groups excluding carboxylic acids is 5. The molecule has 0 aliphatic carbocycles. The van der Waals surface area contributed by atoms with Gasteiger partial charge in [-0.25, -0.2) is 53.5 Å². The number of nitrogens with zero attached hydrogens (tertiary/aromatic N) is 15. The van der Waals surface area contributed by atoms with E-state index in [0.29, 0.717) is 27.5 Å². The van der Waals surface area contributed by atoms with Gasteiger partial charge in [0.1, 0.15) is 39.3 Å². The van der Waals surface area contributed by atoms with Gasteiger partial charge in [-0.1, -0.05) is 157 Å². The molecule has 5 N–H and O–H groups in total. The molecule has 0 amide bonds. The van der Waals surface area contributed by atoms with Crippen molar-refractivity contribution in [2.24, 2.45) is 0 Å². The van der Waals surface area contributed by atoms with Gasteiger partial charge in [-0.05, 0) is 161 Å². The Kier molecular flexibility index (Phi) is 31.6. The van der Waals surface area contributed by atoms with Gasteiger partial charge in [-0.15, -0.1) is 0 Å². The number of ketones is 5. The Balaban J connectivity index is 0.000000167. The number of alkyl halides is 9. The molecule has 0 fully saturated rings. The number of aliphatic hydroxyl groups is 5. The molecule has 5 aromatic heterocycles. The Bertz CT molecular complexity index is 7290. The number of aromatic nitrogens is 10. The highest BCUT2D eigenvalue weighted by Crippen LogP contribution is 2.42. The molecule has 139 heavy (non-hydrogen) atoms. The van der Waals surface area contributed by atoms with E-state index < -0.39 is 103 Å². The Morgan fingerprint density at radius 2 is 0.576 bits per heavy atom. The van der Waals surface area contributed by atoms with Gasteiger partial charge in [0, 0.05) is 37.1 Å². The Hall–Kier alpha value is -15.3. The summed E-state index contributed by atoms with van der Waals surface area (Å²) in [5.41, 5.74) is 0.626. The van der Waals surface area contributed by atoms with Crippen molar-refractivity contribution in [3.63, 3.8) is 0 Å². The summed E-state index contributed by atoms with van der Waals surface area (Å²) in [5, 5.41) is 53.8. The largest absolute Gasteiger partial charge is 0.407 e. The summed E-state index contributed by atoms with van der Waals surface area (Å²) in [4.78, 5) is 99.9. The molecular formula is C103H90ClF10N15O10. The standard InChI is InChI=1S/3C21H18F3N3O2.C20H18ClN3O2.C20H18FN3O2/c2*1-13-5-4-6-17-19(13)26-12-27(17)11-20(2,29)18(28)10-14-7-8-16(25-3)15(9-14)21(22,23)24;1-13-5-4-6-17-19(13)27(12-26-17)11-20(2,29)18(28)10-14-7-8-16(25-3)15(9-14)21(22,23)24;1-13-5-4-6-17-19(13)23-12-24(17)11-20(2,26)18(25)10-14-7-8-16(22-3)15(21)9-14;1-13-9-14(7-8-16(13)22-3)10-18(25)20(2,26)11-24-12-23-17-6-4-5-15(21)19(17)24/h3*4-9,12,29H,10-11H2,1-2H3;2*4-9,12,26H,10-11H2,1-2H3/t5*20-/m00000/s1. The van der Waals surface area contributed by atoms with Gasteiger partial charge in [0.15, 0.2) is 51.7 Å². The zero-order valence-electron chi connectivity index (χ0n) is 76.4. The second-order valence-electron chi connectivity index (χ2n) is 34.6. The maximum Gasteiger partial charge on any atom is 0.407 e. The zero-order valence-corrected chi connectivity index (χ0v) is 77.2. The Morgan fingerprint density at radius 3 is 0.885 bits per heavy atom. The predicted octanol–water partition coefficient (Wildman–Crippen LogP) is 21.1. The first-order valence-electron chi connectivity index (χ1n) is 42.6.